The van der Waals surface area contributed by atoms with E-state index in [0.717, 1.165) is 19.4 Å². The lowest BCUT2D eigenvalue weighted by atomic mass is 10.2. The van der Waals surface area contributed by atoms with Gasteiger partial charge in [-0.05, 0) is 18.9 Å². The van der Waals surface area contributed by atoms with Gasteiger partial charge in [-0.25, -0.2) is 4.98 Å². The minimum absolute atomic E-state index is 0.0685. The number of para-hydroxylation sites is 2. The summed E-state index contributed by atoms with van der Waals surface area (Å²) in [4.78, 5) is 14.7. The molecule has 1 saturated heterocycles. The molecule has 1 aliphatic heterocycles. The minimum atomic E-state index is -0.479. The van der Waals surface area contributed by atoms with Crippen LogP contribution in [0.15, 0.2) is 24.3 Å². The van der Waals surface area contributed by atoms with Crippen LogP contribution in [0.2, 0.25) is 0 Å². The molecule has 1 aromatic carbocycles. The van der Waals surface area contributed by atoms with Gasteiger partial charge in [0.15, 0.2) is 17.4 Å². The van der Waals surface area contributed by atoms with E-state index in [9.17, 15) is 10.1 Å². The molecule has 1 N–H and O–H groups in total. The summed E-state index contributed by atoms with van der Waals surface area (Å²) in [6, 6.07) is 6.22. The Morgan fingerprint density at radius 1 is 1.48 bits per heavy atom. The average molecular weight is 290 g/mol. The van der Waals surface area contributed by atoms with E-state index in [2.05, 4.69) is 15.2 Å². The first-order valence-electron chi connectivity index (χ1n) is 6.63. The second kappa shape index (κ2) is 5.88. The average Bonchev–Trinajstić information content (AvgIpc) is 3.16. The van der Waals surface area contributed by atoms with E-state index in [-0.39, 0.29) is 24.1 Å². The van der Waals surface area contributed by atoms with E-state index < -0.39 is 4.92 Å². The molecule has 2 heterocycles. The molecule has 8 nitrogen and oxygen atoms in total. The fraction of sp³-hybridized carbons (Fsp3) is 0.385. The highest BCUT2D eigenvalue weighted by Crippen LogP contribution is 2.27. The van der Waals surface area contributed by atoms with Gasteiger partial charge in [-0.15, -0.1) is 0 Å². The van der Waals surface area contributed by atoms with Gasteiger partial charge in [-0.2, -0.15) is 5.10 Å². The third-order valence-corrected chi connectivity index (χ3v) is 3.19. The molecule has 110 valence electrons. The van der Waals surface area contributed by atoms with Crippen LogP contribution in [0.25, 0.3) is 0 Å². The minimum Gasteiger partial charge on any atom is -0.479 e. The summed E-state index contributed by atoms with van der Waals surface area (Å²) in [5, 5.41) is 17.7. The number of nitrogens with zero attached hydrogens (tertiary/aromatic N) is 3. The quantitative estimate of drug-likeness (QED) is 0.668. The number of rotatable bonds is 5. The van der Waals surface area contributed by atoms with Crippen LogP contribution in [0.1, 0.15) is 30.6 Å². The van der Waals surface area contributed by atoms with E-state index in [1.807, 2.05) is 0 Å². The van der Waals surface area contributed by atoms with Crippen LogP contribution in [0.5, 0.6) is 5.75 Å². The Morgan fingerprint density at radius 3 is 3.10 bits per heavy atom. The Morgan fingerprint density at radius 2 is 2.33 bits per heavy atom. The summed E-state index contributed by atoms with van der Waals surface area (Å²) in [5.41, 5.74) is -0.0728. The van der Waals surface area contributed by atoms with E-state index in [4.69, 9.17) is 9.47 Å². The Balaban J connectivity index is 1.66. The number of ether oxygens (including phenoxy) is 2. The maximum Gasteiger partial charge on any atom is 0.310 e. The molecule has 1 unspecified atom stereocenters. The summed E-state index contributed by atoms with van der Waals surface area (Å²) in [6.07, 6.45) is 1.84. The Labute approximate surface area is 120 Å². The van der Waals surface area contributed by atoms with Crippen molar-refractivity contribution in [1.29, 1.82) is 0 Å². The maximum absolute atomic E-state index is 10.9. The second-order valence-electron chi connectivity index (χ2n) is 4.66. The lowest BCUT2D eigenvalue weighted by Gasteiger charge is -2.04. The van der Waals surface area contributed by atoms with Gasteiger partial charge >= 0.3 is 5.69 Å². The van der Waals surface area contributed by atoms with Crippen molar-refractivity contribution in [3.05, 3.63) is 46.0 Å². The number of aromatic nitrogens is 3. The van der Waals surface area contributed by atoms with E-state index in [1.165, 1.54) is 6.07 Å². The van der Waals surface area contributed by atoms with Gasteiger partial charge in [-0.3, -0.25) is 15.2 Å². The summed E-state index contributed by atoms with van der Waals surface area (Å²) in [5.74, 6) is 1.32. The fourth-order valence-electron chi connectivity index (χ4n) is 2.18. The van der Waals surface area contributed by atoms with Gasteiger partial charge in [0.2, 0.25) is 0 Å². The number of H-pyrrole nitrogens is 1. The number of hydrogen-bond donors (Lipinski definition) is 1. The number of nitrogens with one attached hydrogen (secondary N) is 1. The monoisotopic (exact) mass is 290 g/mol. The van der Waals surface area contributed by atoms with Crippen LogP contribution < -0.4 is 4.74 Å². The number of aromatic amines is 1. The molecule has 0 radical (unpaired) electrons. The summed E-state index contributed by atoms with van der Waals surface area (Å²) in [6.45, 7) is 0.811. The highest BCUT2D eigenvalue weighted by Gasteiger charge is 2.22. The van der Waals surface area contributed by atoms with Crippen LogP contribution in [-0.4, -0.2) is 26.7 Å². The molecule has 0 aliphatic carbocycles. The zero-order valence-corrected chi connectivity index (χ0v) is 11.2. The van der Waals surface area contributed by atoms with Gasteiger partial charge in [0.05, 0.1) is 4.92 Å². The molecule has 2 aromatic rings. The standard InChI is InChI=1S/C13H14N4O4/c18-17(19)9-4-1-2-5-10(9)21-8-12-14-13(16-15-12)11-6-3-7-20-11/h1-2,4-5,11H,3,6-8H2,(H,14,15,16). The molecule has 8 heteroatoms. The Bertz CT molecular complexity index is 637. The first-order chi connectivity index (χ1) is 10.2. The first kappa shape index (κ1) is 13.5. The largest absolute Gasteiger partial charge is 0.479 e. The van der Waals surface area contributed by atoms with Crippen LogP contribution >= 0.6 is 0 Å². The number of nitro groups is 1. The van der Waals surface area contributed by atoms with Crippen LogP contribution in [0.3, 0.4) is 0 Å². The molecule has 0 spiro atoms. The smallest absolute Gasteiger partial charge is 0.310 e. The second-order valence-corrected chi connectivity index (χ2v) is 4.66. The highest BCUT2D eigenvalue weighted by atomic mass is 16.6. The van der Waals surface area contributed by atoms with Gasteiger partial charge < -0.3 is 9.47 Å². The van der Waals surface area contributed by atoms with Crippen LogP contribution in [0, 0.1) is 10.1 Å². The van der Waals surface area contributed by atoms with Crippen molar-refractivity contribution in [3.63, 3.8) is 0 Å². The first-order valence-corrected chi connectivity index (χ1v) is 6.63. The van der Waals surface area contributed by atoms with Gasteiger partial charge in [-0.1, -0.05) is 12.1 Å². The zero-order chi connectivity index (χ0) is 14.7. The van der Waals surface area contributed by atoms with Crippen molar-refractivity contribution in [2.24, 2.45) is 0 Å². The third-order valence-electron chi connectivity index (χ3n) is 3.19. The number of benzene rings is 1. The van der Waals surface area contributed by atoms with Crippen molar-refractivity contribution in [2.45, 2.75) is 25.6 Å². The predicted octanol–water partition coefficient (Wildman–Crippen LogP) is 2.14. The van der Waals surface area contributed by atoms with Gasteiger partial charge in [0.1, 0.15) is 12.7 Å². The summed E-state index contributed by atoms with van der Waals surface area (Å²) in [7, 11) is 0. The molecule has 1 fully saturated rings. The SMILES string of the molecule is O=[N+]([O-])c1ccccc1OCc1nc(C2CCCO2)n[nH]1. The van der Waals surface area contributed by atoms with E-state index in [1.54, 1.807) is 18.2 Å². The lowest BCUT2D eigenvalue weighted by molar-refractivity contribution is -0.385. The molecule has 0 amide bonds. The molecule has 1 aromatic heterocycles. The van der Waals surface area contributed by atoms with Crippen molar-refractivity contribution in [2.75, 3.05) is 6.61 Å². The molecule has 1 aliphatic rings. The van der Waals surface area contributed by atoms with Crippen molar-refractivity contribution in [3.8, 4) is 5.75 Å². The molecule has 0 bridgehead atoms. The van der Waals surface area contributed by atoms with E-state index >= 15 is 0 Å². The topological polar surface area (TPSA) is 103 Å². The molecular weight excluding hydrogens is 276 g/mol. The molecule has 0 saturated carbocycles. The highest BCUT2D eigenvalue weighted by molar-refractivity contribution is 5.45. The lowest BCUT2D eigenvalue weighted by Crippen LogP contribution is -2.01. The van der Waals surface area contributed by atoms with Crippen molar-refractivity contribution >= 4 is 5.69 Å². The fourth-order valence-corrected chi connectivity index (χ4v) is 2.18. The number of hydrogen-bond acceptors (Lipinski definition) is 6. The molecule has 1 atom stereocenters. The zero-order valence-electron chi connectivity index (χ0n) is 11.2. The Kier molecular flexibility index (Phi) is 3.78. The van der Waals surface area contributed by atoms with Crippen molar-refractivity contribution < 1.29 is 14.4 Å². The molecule has 3 rings (SSSR count). The van der Waals surface area contributed by atoms with Crippen LogP contribution in [0.4, 0.5) is 5.69 Å². The molecular formula is C13H14N4O4. The predicted molar refractivity (Wildman–Crippen MR) is 71.7 cm³/mol. The molecule has 21 heavy (non-hydrogen) atoms. The third kappa shape index (κ3) is 3.00. The summed E-state index contributed by atoms with van der Waals surface area (Å²) < 4.78 is 10.9. The van der Waals surface area contributed by atoms with Crippen molar-refractivity contribution in [1.82, 2.24) is 15.2 Å². The van der Waals surface area contributed by atoms with E-state index in [0.29, 0.717) is 11.6 Å². The van der Waals surface area contributed by atoms with Crippen LogP contribution in [-0.2, 0) is 11.3 Å². The van der Waals surface area contributed by atoms with Gasteiger partial charge in [0.25, 0.3) is 0 Å². The normalized spacial score (nSPS) is 17.8. The Hall–Kier alpha value is -2.48. The number of nitro benzene ring substituents is 1. The maximum atomic E-state index is 10.9. The summed E-state index contributed by atoms with van der Waals surface area (Å²) >= 11 is 0. The van der Waals surface area contributed by atoms with Gasteiger partial charge in [0, 0.05) is 12.7 Å².